The Balaban J connectivity index is 2.17. The van der Waals surface area contributed by atoms with Crippen LogP contribution >= 0.6 is 0 Å². The van der Waals surface area contributed by atoms with Crippen LogP contribution in [-0.4, -0.2) is 19.4 Å². The molecular weight excluding hydrogens is 230 g/mol. The summed E-state index contributed by atoms with van der Waals surface area (Å²) >= 11 is 0. The highest BCUT2D eigenvalue weighted by molar-refractivity contribution is 5.91. The monoisotopic (exact) mass is 250 g/mol. The molecule has 1 heterocycles. The molecule has 0 radical (unpaired) electrons. The van der Waals surface area contributed by atoms with E-state index >= 15 is 0 Å². The largest absolute Gasteiger partial charge is 0.362 e. The zero-order chi connectivity index (χ0) is 13.4. The average molecular weight is 250 g/mol. The first kappa shape index (κ1) is 14.2. The van der Waals surface area contributed by atoms with E-state index in [0.717, 1.165) is 12.2 Å². The molecule has 18 heavy (non-hydrogen) atoms. The van der Waals surface area contributed by atoms with Crippen LogP contribution in [0.15, 0.2) is 36.7 Å². The van der Waals surface area contributed by atoms with Crippen LogP contribution < -0.4 is 15.2 Å². The van der Waals surface area contributed by atoms with Gasteiger partial charge in [0.1, 0.15) is 20.0 Å². The van der Waals surface area contributed by atoms with E-state index in [0.29, 0.717) is 12.3 Å². The molecule has 1 aromatic rings. The van der Waals surface area contributed by atoms with Gasteiger partial charge in [-0.3, -0.25) is 4.79 Å². The molecule has 5 nitrogen and oxygen atoms in total. The Morgan fingerprint density at radius 3 is 2.61 bits per heavy atom. The van der Waals surface area contributed by atoms with Crippen molar-refractivity contribution in [1.82, 2.24) is 5.32 Å². The number of anilines is 1. The second kappa shape index (κ2) is 7.45. The van der Waals surface area contributed by atoms with E-state index in [9.17, 15) is 4.79 Å². The van der Waals surface area contributed by atoms with Crippen molar-refractivity contribution in [1.29, 1.82) is 0 Å². The standard InChI is InChI=1S/C13H19N3O2/c1-4-16-7-5-12(6-8-16)14-9-18-10-15-13(17)11(2)3/h5-8H,2,4,9-10H2,1,3H3,(H,15,17)/p+1. The van der Waals surface area contributed by atoms with Gasteiger partial charge in [0.15, 0.2) is 12.4 Å². The van der Waals surface area contributed by atoms with E-state index in [1.165, 1.54) is 0 Å². The Labute approximate surface area is 107 Å². The van der Waals surface area contributed by atoms with Gasteiger partial charge in [-0.25, -0.2) is 4.57 Å². The molecule has 0 saturated heterocycles. The van der Waals surface area contributed by atoms with E-state index < -0.39 is 0 Å². The third kappa shape index (κ3) is 4.97. The first-order chi connectivity index (χ1) is 8.63. The number of aryl methyl sites for hydroxylation is 1. The lowest BCUT2D eigenvalue weighted by atomic mass is 10.3. The summed E-state index contributed by atoms with van der Waals surface area (Å²) in [5.41, 5.74) is 1.45. The summed E-state index contributed by atoms with van der Waals surface area (Å²) in [5, 5.41) is 5.67. The van der Waals surface area contributed by atoms with Crippen molar-refractivity contribution in [3.05, 3.63) is 36.7 Å². The minimum atomic E-state index is -0.196. The first-order valence-electron chi connectivity index (χ1n) is 5.88. The van der Waals surface area contributed by atoms with E-state index in [2.05, 4.69) is 28.7 Å². The minimum absolute atomic E-state index is 0.167. The molecule has 0 aromatic carbocycles. The predicted molar refractivity (Wildman–Crippen MR) is 69.7 cm³/mol. The van der Waals surface area contributed by atoms with Crippen molar-refractivity contribution in [2.75, 3.05) is 18.8 Å². The fourth-order valence-corrected chi connectivity index (χ4v) is 1.24. The number of pyridine rings is 1. The highest BCUT2D eigenvalue weighted by Crippen LogP contribution is 2.01. The van der Waals surface area contributed by atoms with Crippen molar-refractivity contribution < 1.29 is 14.1 Å². The molecule has 0 atom stereocenters. The molecule has 1 rings (SSSR count). The average Bonchev–Trinajstić information content (AvgIpc) is 2.38. The van der Waals surface area contributed by atoms with Crippen molar-refractivity contribution in [3.8, 4) is 0 Å². The zero-order valence-corrected chi connectivity index (χ0v) is 10.9. The second-order valence-corrected chi connectivity index (χ2v) is 3.87. The summed E-state index contributed by atoms with van der Waals surface area (Å²) in [6, 6.07) is 3.94. The molecular formula is C13H20N3O2+. The van der Waals surface area contributed by atoms with E-state index in [1.807, 2.05) is 24.5 Å². The van der Waals surface area contributed by atoms with Crippen molar-refractivity contribution >= 4 is 11.6 Å². The molecule has 0 aliphatic heterocycles. The van der Waals surface area contributed by atoms with Crippen LogP contribution in [0.5, 0.6) is 0 Å². The van der Waals surface area contributed by atoms with Crippen LogP contribution in [0.25, 0.3) is 0 Å². The lowest BCUT2D eigenvalue weighted by molar-refractivity contribution is -0.693. The van der Waals surface area contributed by atoms with Gasteiger partial charge in [0, 0.05) is 23.4 Å². The second-order valence-electron chi connectivity index (χ2n) is 3.87. The Kier molecular flexibility index (Phi) is 5.87. The summed E-state index contributed by atoms with van der Waals surface area (Å²) in [6.07, 6.45) is 3.98. The highest BCUT2D eigenvalue weighted by atomic mass is 16.5. The third-order valence-corrected chi connectivity index (χ3v) is 2.36. The fourth-order valence-electron chi connectivity index (χ4n) is 1.24. The van der Waals surface area contributed by atoms with Crippen LogP contribution in [0.1, 0.15) is 13.8 Å². The number of amides is 1. The van der Waals surface area contributed by atoms with Crippen molar-refractivity contribution in [2.24, 2.45) is 0 Å². The number of hydrogen-bond acceptors (Lipinski definition) is 3. The lowest BCUT2D eigenvalue weighted by Crippen LogP contribution is -2.31. The van der Waals surface area contributed by atoms with Gasteiger partial charge in [-0.2, -0.15) is 0 Å². The summed E-state index contributed by atoms with van der Waals surface area (Å²) in [4.78, 5) is 11.1. The third-order valence-electron chi connectivity index (χ3n) is 2.36. The zero-order valence-electron chi connectivity index (χ0n) is 10.9. The molecule has 1 aromatic heterocycles. The van der Waals surface area contributed by atoms with Crippen LogP contribution in [0.3, 0.4) is 0 Å². The molecule has 1 amide bonds. The SMILES string of the molecule is C=C(C)C(=O)NCOCNc1cc[n+](CC)cc1. The number of rotatable bonds is 7. The number of nitrogens with zero attached hydrogens (tertiary/aromatic N) is 1. The normalized spacial score (nSPS) is 9.89. The van der Waals surface area contributed by atoms with Crippen molar-refractivity contribution in [3.63, 3.8) is 0 Å². The maximum absolute atomic E-state index is 11.1. The topological polar surface area (TPSA) is 54.2 Å². The van der Waals surface area contributed by atoms with Gasteiger partial charge in [0.05, 0.1) is 0 Å². The van der Waals surface area contributed by atoms with Crippen LogP contribution in [0.4, 0.5) is 5.69 Å². The van der Waals surface area contributed by atoms with Gasteiger partial charge < -0.3 is 15.4 Å². The van der Waals surface area contributed by atoms with Gasteiger partial charge in [0.2, 0.25) is 5.91 Å². The maximum Gasteiger partial charge on any atom is 0.248 e. The highest BCUT2D eigenvalue weighted by Gasteiger charge is 2.00. The van der Waals surface area contributed by atoms with Gasteiger partial charge >= 0.3 is 0 Å². The molecule has 0 spiro atoms. The molecule has 0 unspecified atom stereocenters. The van der Waals surface area contributed by atoms with Crippen LogP contribution in [0.2, 0.25) is 0 Å². The van der Waals surface area contributed by atoms with E-state index in [1.54, 1.807) is 6.92 Å². The molecule has 0 aliphatic rings. The molecule has 2 N–H and O–H groups in total. The Morgan fingerprint density at radius 1 is 1.39 bits per heavy atom. The molecule has 0 bridgehead atoms. The number of carbonyl (C=O) groups is 1. The maximum atomic E-state index is 11.1. The quantitative estimate of drug-likeness (QED) is 0.329. The smallest absolute Gasteiger partial charge is 0.248 e. The number of hydrogen-bond donors (Lipinski definition) is 2. The van der Waals surface area contributed by atoms with Gasteiger partial charge in [-0.15, -0.1) is 0 Å². The number of aromatic nitrogens is 1. The minimum Gasteiger partial charge on any atom is -0.362 e. The van der Waals surface area contributed by atoms with Gasteiger partial charge in [-0.05, 0) is 13.8 Å². The predicted octanol–water partition coefficient (Wildman–Crippen LogP) is 1.03. The van der Waals surface area contributed by atoms with E-state index in [4.69, 9.17) is 4.74 Å². The molecule has 5 heteroatoms. The molecule has 0 aliphatic carbocycles. The van der Waals surface area contributed by atoms with Gasteiger partial charge in [0.25, 0.3) is 0 Å². The number of carbonyl (C=O) groups excluding carboxylic acids is 1. The molecule has 98 valence electrons. The fraction of sp³-hybridized carbons (Fsp3) is 0.385. The summed E-state index contributed by atoms with van der Waals surface area (Å²) in [5.74, 6) is -0.196. The van der Waals surface area contributed by atoms with Gasteiger partial charge in [-0.1, -0.05) is 6.58 Å². The Hall–Kier alpha value is -1.88. The summed E-state index contributed by atoms with van der Waals surface area (Å²) in [6.45, 7) is 8.72. The van der Waals surface area contributed by atoms with Crippen molar-refractivity contribution in [2.45, 2.75) is 20.4 Å². The molecule has 0 saturated carbocycles. The lowest BCUT2D eigenvalue weighted by Gasteiger charge is -2.08. The number of ether oxygens (including phenoxy) is 1. The molecule has 0 fully saturated rings. The Morgan fingerprint density at radius 2 is 2.06 bits per heavy atom. The Bertz CT molecular complexity index is 401. The van der Waals surface area contributed by atoms with Crippen LogP contribution in [-0.2, 0) is 16.1 Å². The van der Waals surface area contributed by atoms with Crippen LogP contribution in [0, 0.1) is 0 Å². The first-order valence-corrected chi connectivity index (χ1v) is 5.88. The van der Waals surface area contributed by atoms with E-state index in [-0.39, 0.29) is 12.6 Å². The summed E-state index contributed by atoms with van der Waals surface area (Å²) < 4.78 is 7.29. The summed E-state index contributed by atoms with van der Waals surface area (Å²) in [7, 11) is 0. The number of nitrogens with one attached hydrogen (secondary N) is 2.